The molecule has 2 N–H and O–H groups in total. The van der Waals surface area contributed by atoms with E-state index in [0.717, 1.165) is 12.1 Å². The van der Waals surface area contributed by atoms with Gasteiger partial charge in [-0.05, 0) is 93.0 Å². The highest BCUT2D eigenvalue weighted by Gasteiger charge is 2.34. The summed E-state index contributed by atoms with van der Waals surface area (Å²) in [5.74, 6) is -0.795. The van der Waals surface area contributed by atoms with Gasteiger partial charge >= 0.3 is 0 Å². The van der Waals surface area contributed by atoms with Gasteiger partial charge in [-0.15, -0.1) is 12.4 Å². The number of rotatable bonds is 9. The van der Waals surface area contributed by atoms with E-state index in [1.54, 1.807) is 66.6 Å². The molecular formula is C31H35Cl3N4O4. The largest absolute Gasteiger partial charge is 0.361 e. The van der Waals surface area contributed by atoms with Gasteiger partial charge in [0, 0.05) is 42.9 Å². The van der Waals surface area contributed by atoms with E-state index in [1.807, 2.05) is 31.1 Å². The van der Waals surface area contributed by atoms with E-state index in [4.69, 9.17) is 27.9 Å². The summed E-state index contributed by atoms with van der Waals surface area (Å²) in [4.78, 5) is 43.0. The van der Waals surface area contributed by atoms with Crippen LogP contribution in [0.25, 0.3) is 0 Å². The van der Waals surface area contributed by atoms with Crippen LogP contribution in [0.5, 0.6) is 0 Å². The summed E-state index contributed by atoms with van der Waals surface area (Å²) in [6.07, 6.45) is 0.919. The van der Waals surface area contributed by atoms with Gasteiger partial charge in [0.1, 0.15) is 6.23 Å². The van der Waals surface area contributed by atoms with Crippen molar-refractivity contribution in [2.24, 2.45) is 0 Å². The molecule has 1 heterocycles. The molecule has 0 fully saturated rings. The first-order chi connectivity index (χ1) is 19.7. The summed E-state index contributed by atoms with van der Waals surface area (Å²) in [6, 6.07) is 18.8. The van der Waals surface area contributed by atoms with Crippen LogP contribution in [0.2, 0.25) is 10.0 Å². The second-order valence-corrected chi connectivity index (χ2v) is 11.1. The highest BCUT2D eigenvalue weighted by Crippen LogP contribution is 2.41. The van der Waals surface area contributed by atoms with Crippen molar-refractivity contribution in [3.63, 3.8) is 0 Å². The van der Waals surface area contributed by atoms with Crippen LogP contribution in [0.3, 0.4) is 0 Å². The number of ether oxygens (including phenoxy) is 1. The molecule has 0 aliphatic carbocycles. The number of anilines is 2. The van der Waals surface area contributed by atoms with Crippen LogP contribution in [-0.2, 0) is 9.53 Å². The van der Waals surface area contributed by atoms with Gasteiger partial charge in [-0.2, -0.15) is 0 Å². The maximum absolute atomic E-state index is 13.9. The Bertz CT molecular complexity index is 1400. The average molecular weight is 634 g/mol. The molecule has 0 bridgehead atoms. The predicted molar refractivity (Wildman–Crippen MR) is 170 cm³/mol. The van der Waals surface area contributed by atoms with Crippen LogP contribution in [0.4, 0.5) is 11.4 Å². The molecular weight excluding hydrogens is 599 g/mol. The van der Waals surface area contributed by atoms with Gasteiger partial charge in [0.2, 0.25) is 5.91 Å². The van der Waals surface area contributed by atoms with Crippen molar-refractivity contribution >= 4 is 64.7 Å². The highest BCUT2D eigenvalue weighted by molar-refractivity contribution is 6.34. The molecule has 1 aliphatic rings. The lowest BCUT2D eigenvalue weighted by molar-refractivity contribution is -0.121. The van der Waals surface area contributed by atoms with Gasteiger partial charge in [-0.25, -0.2) is 0 Å². The van der Waals surface area contributed by atoms with Gasteiger partial charge in [0.05, 0.1) is 16.3 Å². The van der Waals surface area contributed by atoms with Crippen LogP contribution < -0.4 is 15.5 Å². The SMILES string of the molecule is COC1CCC(CC(=O)NCCN(C)C)c2cc(Cl)ccc2N1C(=O)c1ccc(NC(=O)c2ccccc2Cl)cc1.Cl. The molecule has 8 nitrogen and oxygen atoms in total. The number of amides is 3. The number of carbonyl (C=O) groups is 3. The van der Waals surface area contributed by atoms with Gasteiger partial charge < -0.3 is 20.3 Å². The summed E-state index contributed by atoms with van der Waals surface area (Å²) >= 11 is 12.5. The van der Waals surface area contributed by atoms with E-state index in [1.165, 1.54) is 0 Å². The van der Waals surface area contributed by atoms with Gasteiger partial charge in [-0.1, -0.05) is 35.3 Å². The maximum atomic E-state index is 13.9. The van der Waals surface area contributed by atoms with Crippen LogP contribution >= 0.6 is 35.6 Å². The summed E-state index contributed by atoms with van der Waals surface area (Å²) < 4.78 is 5.79. The molecule has 42 heavy (non-hydrogen) atoms. The van der Waals surface area contributed by atoms with Crippen LogP contribution in [-0.4, -0.2) is 63.1 Å². The number of benzene rings is 3. The molecule has 3 amide bonds. The number of nitrogens with one attached hydrogen (secondary N) is 2. The molecule has 0 saturated heterocycles. The van der Waals surface area contributed by atoms with E-state index in [-0.39, 0.29) is 42.5 Å². The minimum Gasteiger partial charge on any atom is -0.361 e. The number of halogens is 3. The monoisotopic (exact) mass is 632 g/mol. The normalized spacial score (nSPS) is 16.2. The fourth-order valence-corrected chi connectivity index (χ4v) is 5.33. The Balaban J connectivity index is 0.00000484. The smallest absolute Gasteiger partial charge is 0.260 e. The second-order valence-electron chi connectivity index (χ2n) is 10.2. The number of methoxy groups -OCH3 is 1. The molecule has 1 aliphatic heterocycles. The van der Waals surface area contributed by atoms with Crippen molar-refractivity contribution < 1.29 is 19.1 Å². The van der Waals surface area contributed by atoms with Crippen molar-refractivity contribution in [2.45, 2.75) is 31.4 Å². The van der Waals surface area contributed by atoms with Crippen LogP contribution in [0.1, 0.15) is 51.5 Å². The molecule has 0 spiro atoms. The lowest BCUT2D eigenvalue weighted by Gasteiger charge is -2.30. The van der Waals surface area contributed by atoms with E-state index >= 15 is 0 Å². The van der Waals surface area contributed by atoms with Crippen LogP contribution in [0, 0.1) is 0 Å². The number of nitrogens with zero attached hydrogens (tertiary/aromatic N) is 2. The van der Waals surface area contributed by atoms with Crippen LogP contribution in [0.15, 0.2) is 66.7 Å². The van der Waals surface area contributed by atoms with Crippen molar-refractivity contribution in [3.8, 4) is 0 Å². The van der Waals surface area contributed by atoms with E-state index in [9.17, 15) is 14.4 Å². The lowest BCUT2D eigenvalue weighted by atomic mass is 9.90. The summed E-state index contributed by atoms with van der Waals surface area (Å²) in [5.41, 5.74) is 2.79. The molecule has 4 rings (SSSR count). The molecule has 224 valence electrons. The number of hydrogen-bond acceptors (Lipinski definition) is 5. The van der Waals surface area contributed by atoms with Gasteiger partial charge in [-0.3, -0.25) is 19.3 Å². The molecule has 2 atom stereocenters. The highest BCUT2D eigenvalue weighted by atomic mass is 35.5. The standard InChI is InChI=1S/C31H34Cl2N4O4.ClH/c1-36(2)17-16-34-28(38)18-21-10-15-29(41-3)37(27-14-11-22(32)19-25(21)27)31(40)20-8-12-23(13-9-20)35-30(39)24-6-4-5-7-26(24)33;/h4-9,11-14,19,21,29H,10,15-18H2,1-3H3,(H,34,38)(H,35,39);1H. The Morgan fingerprint density at radius 3 is 2.38 bits per heavy atom. The number of likely N-dealkylation sites (N-methyl/N-ethyl adjacent to an activating group) is 1. The maximum Gasteiger partial charge on any atom is 0.260 e. The zero-order chi connectivity index (χ0) is 29.5. The summed E-state index contributed by atoms with van der Waals surface area (Å²) in [6.45, 7) is 1.30. The number of hydrogen-bond donors (Lipinski definition) is 2. The van der Waals surface area contributed by atoms with Gasteiger partial charge in [0.25, 0.3) is 11.8 Å². The molecule has 2 unspecified atom stereocenters. The first-order valence-corrected chi connectivity index (χ1v) is 14.2. The predicted octanol–water partition coefficient (Wildman–Crippen LogP) is 6.23. The molecule has 3 aromatic carbocycles. The van der Waals surface area contributed by atoms with Crippen molar-refractivity contribution in [3.05, 3.63) is 93.5 Å². The number of carbonyl (C=O) groups excluding carboxylic acids is 3. The minimum atomic E-state index is -0.538. The zero-order valence-corrected chi connectivity index (χ0v) is 26.1. The molecule has 11 heteroatoms. The van der Waals surface area contributed by atoms with Crippen molar-refractivity contribution in [2.75, 3.05) is 44.5 Å². The lowest BCUT2D eigenvalue weighted by Crippen LogP contribution is -2.41. The topological polar surface area (TPSA) is 91.0 Å². The second kappa shape index (κ2) is 15.4. The molecule has 0 radical (unpaired) electrons. The first-order valence-electron chi connectivity index (χ1n) is 13.4. The Kier molecular flexibility index (Phi) is 12.2. The molecule has 3 aromatic rings. The zero-order valence-electron chi connectivity index (χ0n) is 23.7. The fraction of sp³-hybridized carbons (Fsp3) is 0.323. The number of fused-ring (bicyclic) bond motifs is 1. The first kappa shape index (κ1) is 33.4. The average Bonchev–Trinajstić information content (AvgIpc) is 3.09. The Morgan fingerprint density at radius 1 is 1.00 bits per heavy atom. The summed E-state index contributed by atoms with van der Waals surface area (Å²) in [7, 11) is 5.48. The molecule has 0 aromatic heterocycles. The minimum absolute atomic E-state index is 0. The third-order valence-electron chi connectivity index (χ3n) is 7.05. The van der Waals surface area contributed by atoms with E-state index in [0.29, 0.717) is 51.9 Å². The van der Waals surface area contributed by atoms with Crippen molar-refractivity contribution in [1.29, 1.82) is 0 Å². The summed E-state index contributed by atoms with van der Waals surface area (Å²) in [5, 5.41) is 6.68. The molecule has 0 saturated carbocycles. The quantitative estimate of drug-likeness (QED) is 0.292. The van der Waals surface area contributed by atoms with E-state index in [2.05, 4.69) is 10.6 Å². The van der Waals surface area contributed by atoms with Gasteiger partial charge in [0.15, 0.2) is 0 Å². The fourth-order valence-electron chi connectivity index (χ4n) is 4.92. The van der Waals surface area contributed by atoms with E-state index < -0.39 is 6.23 Å². The Morgan fingerprint density at radius 2 is 1.71 bits per heavy atom. The third-order valence-corrected chi connectivity index (χ3v) is 7.62. The Labute approximate surface area is 262 Å². The Hall–Kier alpha value is -3.14. The third kappa shape index (κ3) is 8.24. The van der Waals surface area contributed by atoms with Crippen molar-refractivity contribution in [1.82, 2.24) is 10.2 Å².